The van der Waals surface area contributed by atoms with Crippen LogP contribution in [0.1, 0.15) is 16.7 Å². The first-order valence-electron chi connectivity index (χ1n) is 5.56. The van der Waals surface area contributed by atoms with E-state index in [0.717, 1.165) is 13.1 Å². The van der Waals surface area contributed by atoms with Gasteiger partial charge in [0.25, 0.3) is 0 Å². The van der Waals surface area contributed by atoms with Crippen LogP contribution >= 0.6 is 0 Å². The topological polar surface area (TPSA) is 59.6 Å². The van der Waals surface area contributed by atoms with E-state index in [1.807, 2.05) is 0 Å². The lowest BCUT2D eigenvalue weighted by atomic mass is 10.0. The SMILES string of the molecule is Cc1c(NC=C(C#N)C#N)cc(C(F)(F)F)cc1C(F)(F)F. The molecule has 9 heteroatoms. The average molecular weight is 319 g/mol. The minimum Gasteiger partial charge on any atom is -0.360 e. The molecule has 0 spiro atoms. The Morgan fingerprint density at radius 2 is 1.59 bits per heavy atom. The quantitative estimate of drug-likeness (QED) is 0.650. The molecule has 1 aromatic carbocycles. The van der Waals surface area contributed by atoms with Gasteiger partial charge in [-0.15, -0.1) is 0 Å². The molecule has 0 unspecified atom stereocenters. The van der Waals surface area contributed by atoms with Gasteiger partial charge < -0.3 is 5.32 Å². The number of rotatable bonds is 2. The first-order valence-corrected chi connectivity index (χ1v) is 5.56. The number of nitrogens with zero attached hydrogens (tertiary/aromatic N) is 2. The Labute approximate surface area is 121 Å². The third-order valence-electron chi connectivity index (χ3n) is 2.65. The summed E-state index contributed by atoms with van der Waals surface area (Å²) in [6.07, 6.45) is -9.21. The fourth-order valence-electron chi connectivity index (χ4n) is 1.56. The summed E-state index contributed by atoms with van der Waals surface area (Å²) >= 11 is 0. The number of allylic oxidation sites excluding steroid dienone is 1. The molecule has 22 heavy (non-hydrogen) atoms. The van der Waals surface area contributed by atoms with Gasteiger partial charge in [-0.25, -0.2) is 0 Å². The van der Waals surface area contributed by atoms with Crippen LogP contribution in [-0.4, -0.2) is 0 Å². The molecule has 1 N–H and O–H groups in total. The van der Waals surface area contributed by atoms with E-state index in [0.29, 0.717) is 6.07 Å². The van der Waals surface area contributed by atoms with Crippen molar-refractivity contribution in [2.75, 3.05) is 5.32 Å². The average Bonchev–Trinajstić information content (AvgIpc) is 2.38. The molecule has 0 saturated carbocycles. The largest absolute Gasteiger partial charge is 0.416 e. The van der Waals surface area contributed by atoms with Crippen molar-refractivity contribution in [2.45, 2.75) is 19.3 Å². The predicted octanol–water partition coefficient (Wildman–Crippen LogP) is 4.38. The first kappa shape index (κ1) is 17.4. The first-order chi connectivity index (χ1) is 10.0. The highest BCUT2D eigenvalue weighted by Gasteiger charge is 2.38. The molecule has 0 aliphatic carbocycles. The van der Waals surface area contributed by atoms with Gasteiger partial charge in [0.05, 0.1) is 11.1 Å². The van der Waals surface area contributed by atoms with Crippen LogP contribution in [0.5, 0.6) is 0 Å². The molecule has 0 heterocycles. The molecule has 1 rings (SSSR count). The highest BCUT2D eigenvalue weighted by atomic mass is 19.4. The summed E-state index contributed by atoms with van der Waals surface area (Å²) in [7, 11) is 0. The number of hydrogen-bond acceptors (Lipinski definition) is 3. The smallest absolute Gasteiger partial charge is 0.360 e. The number of anilines is 1. The number of alkyl halides is 6. The summed E-state index contributed by atoms with van der Waals surface area (Å²) in [4.78, 5) is 0. The summed E-state index contributed by atoms with van der Waals surface area (Å²) in [6, 6.07) is 3.34. The molecule has 1 aromatic rings. The Bertz CT molecular complexity index is 670. The zero-order chi connectivity index (χ0) is 17.1. The second-order valence-electron chi connectivity index (χ2n) is 4.12. The summed E-state index contributed by atoms with van der Waals surface area (Å²) in [6.45, 7) is 0.984. The van der Waals surface area contributed by atoms with Crippen molar-refractivity contribution in [3.63, 3.8) is 0 Å². The molecule has 0 aliphatic rings. The molecular weight excluding hydrogens is 312 g/mol. The molecule has 0 aliphatic heterocycles. The Hall–Kier alpha value is -2.68. The molecule has 0 fully saturated rings. The number of hydrogen-bond donors (Lipinski definition) is 1. The van der Waals surface area contributed by atoms with E-state index in [-0.39, 0.29) is 6.07 Å². The summed E-state index contributed by atoms with van der Waals surface area (Å²) < 4.78 is 76.5. The molecule has 0 atom stereocenters. The van der Waals surface area contributed by atoms with Gasteiger partial charge in [0.2, 0.25) is 0 Å². The van der Waals surface area contributed by atoms with Crippen molar-refractivity contribution < 1.29 is 26.3 Å². The maximum absolute atomic E-state index is 12.8. The second-order valence-corrected chi connectivity index (χ2v) is 4.12. The van der Waals surface area contributed by atoms with Crippen molar-refractivity contribution in [2.24, 2.45) is 0 Å². The Morgan fingerprint density at radius 1 is 1.05 bits per heavy atom. The predicted molar refractivity (Wildman–Crippen MR) is 64.1 cm³/mol. The van der Waals surface area contributed by atoms with Gasteiger partial charge in [-0.3, -0.25) is 0 Å². The number of benzene rings is 1. The molecule has 0 bridgehead atoms. The van der Waals surface area contributed by atoms with E-state index in [1.165, 1.54) is 12.1 Å². The van der Waals surface area contributed by atoms with Crippen LogP contribution in [0.2, 0.25) is 0 Å². The molecular formula is C13H7F6N3. The number of halogens is 6. The van der Waals surface area contributed by atoms with Crippen LogP contribution in [0.15, 0.2) is 23.9 Å². The summed E-state index contributed by atoms with van der Waals surface area (Å²) in [5, 5.41) is 19.1. The third kappa shape index (κ3) is 3.92. The Balaban J connectivity index is 3.49. The van der Waals surface area contributed by atoms with Crippen LogP contribution in [0.25, 0.3) is 0 Å². The van der Waals surface area contributed by atoms with Gasteiger partial charge >= 0.3 is 12.4 Å². The van der Waals surface area contributed by atoms with Crippen LogP contribution in [-0.2, 0) is 12.4 Å². The molecule has 0 aromatic heterocycles. The van der Waals surface area contributed by atoms with E-state index in [4.69, 9.17) is 10.5 Å². The van der Waals surface area contributed by atoms with Crippen LogP contribution < -0.4 is 5.32 Å². The fraction of sp³-hybridized carbons (Fsp3) is 0.231. The maximum atomic E-state index is 12.8. The lowest BCUT2D eigenvalue weighted by Gasteiger charge is -2.17. The second kappa shape index (κ2) is 5.98. The monoisotopic (exact) mass is 319 g/mol. The molecule has 0 saturated heterocycles. The lowest BCUT2D eigenvalue weighted by Crippen LogP contribution is -2.14. The van der Waals surface area contributed by atoms with E-state index in [1.54, 1.807) is 0 Å². The van der Waals surface area contributed by atoms with Gasteiger partial charge in [-0.1, -0.05) is 0 Å². The van der Waals surface area contributed by atoms with Crippen molar-refractivity contribution >= 4 is 5.69 Å². The normalized spacial score (nSPS) is 11.3. The van der Waals surface area contributed by atoms with Gasteiger partial charge in [-0.2, -0.15) is 36.9 Å². The van der Waals surface area contributed by atoms with Crippen molar-refractivity contribution in [3.8, 4) is 12.1 Å². The molecule has 0 amide bonds. The molecule has 3 nitrogen and oxygen atoms in total. The van der Waals surface area contributed by atoms with E-state index in [9.17, 15) is 26.3 Å². The Morgan fingerprint density at radius 3 is 2.00 bits per heavy atom. The highest BCUT2D eigenvalue weighted by Crippen LogP contribution is 2.40. The van der Waals surface area contributed by atoms with Gasteiger partial charge in [0.15, 0.2) is 0 Å². The standard InChI is InChI=1S/C13H7F6N3/c1-7-10(13(17,18)19)2-9(12(14,15)16)3-11(7)22-6-8(4-20)5-21/h2-3,6,22H,1H3. The van der Waals surface area contributed by atoms with E-state index < -0.39 is 40.3 Å². The fourth-order valence-corrected chi connectivity index (χ4v) is 1.56. The molecule has 116 valence electrons. The third-order valence-corrected chi connectivity index (χ3v) is 2.65. The van der Waals surface area contributed by atoms with Gasteiger partial charge in [-0.05, 0) is 24.6 Å². The van der Waals surface area contributed by atoms with Gasteiger partial charge in [0, 0.05) is 11.9 Å². The summed E-state index contributed by atoms with van der Waals surface area (Å²) in [5.74, 6) is 0. The summed E-state index contributed by atoms with van der Waals surface area (Å²) in [5.41, 5.74) is -4.41. The van der Waals surface area contributed by atoms with E-state index in [2.05, 4.69) is 5.32 Å². The van der Waals surface area contributed by atoms with Gasteiger partial charge in [0.1, 0.15) is 17.7 Å². The Kier molecular flexibility index (Phi) is 4.72. The van der Waals surface area contributed by atoms with E-state index >= 15 is 0 Å². The number of nitriles is 2. The van der Waals surface area contributed by atoms with Crippen LogP contribution in [0.3, 0.4) is 0 Å². The lowest BCUT2D eigenvalue weighted by molar-refractivity contribution is -0.143. The maximum Gasteiger partial charge on any atom is 0.416 e. The highest BCUT2D eigenvalue weighted by molar-refractivity contribution is 5.60. The van der Waals surface area contributed by atoms with Crippen molar-refractivity contribution in [1.29, 1.82) is 10.5 Å². The zero-order valence-electron chi connectivity index (χ0n) is 10.9. The number of nitrogens with one attached hydrogen (secondary N) is 1. The zero-order valence-corrected chi connectivity index (χ0v) is 10.9. The minimum absolute atomic E-state index is 0.0136. The molecule has 0 radical (unpaired) electrons. The van der Waals surface area contributed by atoms with Crippen LogP contribution in [0.4, 0.5) is 32.0 Å². The minimum atomic E-state index is -4.97. The van der Waals surface area contributed by atoms with Crippen molar-refractivity contribution in [3.05, 3.63) is 40.6 Å². The van der Waals surface area contributed by atoms with Crippen LogP contribution in [0, 0.1) is 29.6 Å². The van der Waals surface area contributed by atoms with Crippen molar-refractivity contribution in [1.82, 2.24) is 0 Å².